The van der Waals surface area contributed by atoms with E-state index in [0.717, 1.165) is 6.54 Å². The average molecular weight is 216 g/mol. The third kappa shape index (κ3) is 1.57. The summed E-state index contributed by atoms with van der Waals surface area (Å²) >= 11 is 0. The first kappa shape index (κ1) is 10.0. The number of aryl methyl sites for hydroxylation is 1. The molecule has 2 heteroatoms. The molecule has 1 aromatic carbocycles. The maximum absolute atomic E-state index is 3.82. The molecule has 0 unspecified atom stereocenters. The van der Waals surface area contributed by atoms with Gasteiger partial charge in [-0.2, -0.15) is 0 Å². The summed E-state index contributed by atoms with van der Waals surface area (Å²) in [5.41, 5.74) is 4.29. The number of rotatable bonds is 0. The van der Waals surface area contributed by atoms with Crippen LogP contribution in [0.2, 0.25) is 0 Å². The summed E-state index contributed by atoms with van der Waals surface area (Å²) in [4.78, 5) is 0. The molecule has 0 bridgehead atoms. The maximum atomic E-state index is 3.82. The van der Waals surface area contributed by atoms with E-state index in [4.69, 9.17) is 0 Å². The molecular weight excluding hydrogens is 196 g/mol. The van der Waals surface area contributed by atoms with Gasteiger partial charge in [0.25, 0.3) is 0 Å². The van der Waals surface area contributed by atoms with Gasteiger partial charge in [-0.25, -0.2) is 0 Å². The highest BCUT2D eigenvalue weighted by molar-refractivity contribution is 5.75. The van der Waals surface area contributed by atoms with E-state index in [1.54, 1.807) is 0 Å². The zero-order valence-electron chi connectivity index (χ0n) is 9.97. The van der Waals surface area contributed by atoms with Crippen molar-refractivity contribution in [2.24, 2.45) is 0 Å². The van der Waals surface area contributed by atoms with Gasteiger partial charge < -0.3 is 10.6 Å². The highest BCUT2D eigenvalue weighted by Gasteiger charge is 2.35. The van der Waals surface area contributed by atoms with Crippen LogP contribution in [0.4, 0.5) is 11.4 Å². The first-order valence-corrected chi connectivity index (χ1v) is 6.41. The topological polar surface area (TPSA) is 24.1 Å². The van der Waals surface area contributed by atoms with Crippen molar-refractivity contribution in [3.8, 4) is 0 Å². The van der Waals surface area contributed by atoms with Crippen LogP contribution in [0.3, 0.4) is 0 Å². The second-order valence-electron chi connectivity index (χ2n) is 5.32. The molecule has 1 aliphatic carbocycles. The second-order valence-corrected chi connectivity index (χ2v) is 5.32. The minimum Gasteiger partial charge on any atom is -0.381 e. The van der Waals surface area contributed by atoms with E-state index < -0.39 is 0 Å². The van der Waals surface area contributed by atoms with Crippen LogP contribution in [0, 0.1) is 6.92 Å². The molecule has 0 atom stereocenters. The van der Waals surface area contributed by atoms with Gasteiger partial charge in [-0.3, -0.25) is 0 Å². The van der Waals surface area contributed by atoms with Crippen LogP contribution in [0.25, 0.3) is 0 Å². The van der Waals surface area contributed by atoms with Gasteiger partial charge in [-0.1, -0.05) is 31.4 Å². The van der Waals surface area contributed by atoms with Crippen LogP contribution < -0.4 is 10.6 Å². The molecule has 2 nitrogen and oxygen atoms in total. The summed E-state index contributed by atoms with van der Waals surface area (Å²) in [5, 5.41) is 7.42. The number of anilines is 2. The van der Waals surface area contributed by atoms with Crippen molar-refractivity contribution in [3.63, 3.8) is 0 Å². The molecule has 0 radical (unpaired) electrons. The van der Waals surface area contributed by atoms with Gasteiger partial charge in [0, 0.05) is 6.54 Å². The van der Waals surface area contributed by atoms with E-state index in [0.29, 0.717) is 5.54 Å². The molecule has 1 aliphatic heterocycles. The van der Waals surface area contributed by atoms with Gasteiger partial charge in [0.2, 0.25) is 0 Å². The Morgan fingerprint density at radius 2 is 1.94 bits per heavy atom. The molecule has 0 saturated heterocycles. The van der Waals surface area contributed by atoms with Crippen LogP contribution in [0.15, 0.2) is 18.2 Å². The lowest BCUT2D eigenvalue weighted by molar-refractivity contribution is 0.334. The SMILES string of the molecule is Cc1cccc2c1NC1(CCCCC1)CN2. The van der Waals surface area contributed by atoms with Gasteiger partial charge >= 0.3 is 0 Å². The Balaban J connectivity index is 1.92. The van der Waals surface area contributed by atoms with Gasteiger partial charge in [-0.05, 0) is 31.4 Å². The Hall–Kier alpha value is -1.18. The zero-order valence-corrected chi connectivity index (χ0v) is 9.97. The Labute approximate surface area is 97.4 Å². The van der Waals surface area contributed by atoms with Crippen molar-refractivity contribution < 1.29 is 0 Å². The third-order valence-electron chi connectivity index (χ3n) is 4.09. The summed E-state index contributed by atoms with van der Waals surface area (Å²) in [5.74, 6) is 0. The van der Waals surface area contributed by atoms with Crippen LogP contribution in [-0.2, 0) is 0 Å². The fourth-order valence-corrected chi connectivity index (χ4v) is 3.09. The van der Waals surface area contributed by atoms with Crippen molar-refractivity contribution in [1.82, 2.24) is 0 Å². The van der Waals surface area contributed by atoms with E-state index in [1.165, 1.54) is 49.0 Å². The smallest absolute Gasteiger partial charge is 0.0610 e. The van der Waals surface area contributed by atoms with Crippen molar-refractivity contribution >= 4 is 11.4 Å². The molecule has 2 aliphatic rings. The number of benzene rings is 1. The molecule has 1 spiro atoms. The highest BCUT2D eigenvalue weighted by atomic mass is 15.1. The molecule has 1 fully saturated rings. The molecule has 86 valence electrons. The quantitative estimate of drug-likeness (QED) is 0.693. The van der Waals surface area contributed by atoms with Crippen molar-refractivity contribution in [2.45, 2.75) is 44.6 Å². The lowest BCUT2D eigenvalue weighted by Crippen LogP contribution is -2.49. The zero-order chi connectivity index (χ0) is 11.0. The van der Waals surface area contributed by atoms with Crippen LogP contribution in [0.5, 0.6) is 0 Å². The summed E-state index contributed by atoms with van der Waals surface area (Å²) in [6.45, 7) is 3.28. The third-order valence-corrected chi connectivity index (χ3v) is 4.09. The Morgan fingerprint density at radius 3 is 2.75 bits per heavy atom. The van der Waals surface area contributed by atoms with Gasteiger partial charge in [0.05, 0.1) is 16.9 Å². The van der Waals surface area contributed by atoms with E-state index in [-0.39, 0.29) is 0 Å². The second kappa shape index (κ2) is 3.69. The van der Waals surface area contributed by atoms with Gasteiger partial charge in [-0.15, -0.1) is 0 Å². The predicted molar refractivity (Wildman–Crippen MR) is 69.1 cm³/mol. The minimum absolute atomic E-state index is 0.331. The largest absolute Gasteiger partial charge is 0.381 e. The van der Waals surface area contributed by atoms with E-state index in [1.807, 2.05) is 0 Å². The van der Waals surface area contributed by atoms with Crippen LogP contribution in [-0.4, -0.2) is 12.1 Å². The predicted octanol–water partition coefficient (Wildman–Crippen LogP) is 3.54. The maximum Gasteiger partial charge on any atom is 0.0610 e. The number of hydrogen-bond donors (Lipinski definition) is 2. The van der Waals surface area contributed by atoms with Gasteiger partial charge in [0.15, 0.2) is 0 Å². The van der Waals surface area contributed by atoms with E-state index >= 15 is 0 Å². The fourth-order valence-electron chi connectivity index (χ4n) is 3.09. The minimum atomic E-state index is 0.331. The Morgan fingerprint density at radius 1 is 1.12 bits per heavy atom. The number of para-hydroxylation sites is 1. The van der Waals surface area contributed by atoms with Crippen molar-refractivity contribution in [2.75, 3.05) is 17.2 Å². The first-order chi connectivity index (χ1) is 7.79. The molecule has 16 heavy (non-hydrogen) atoms. The fraction of sp³-hybridized carbons (Fsp3) is 0.571. The van der Waals surface area contributed by atoms with E-state index in [9.17, 15) is 0 Å². The first-order valence-electron chi connectivity index (χ1n) is 6.41. The Kier molecular flexibility index (Phi) is 2.31. The monoisotopic (exact) mass is 216 g/mol. The molecule has 0 amide bonds. The summed E-state index contributed by atoms with van der Waals surface area (Å²) in [6, 6.07) is 6.49. The van der Waals surface area contributed by atoms with Crippen LogP contribution >= 0.6 is 0 Å². The molecule has 3 rings (SSSR count). The molecule has 1 aromatic rings. The van der Waals surface area contributed by atoms with E-state index in [2.05, 4.69) is 35.8 Å². The normalized spacial score (nSPS) is 22.1. The van der Waals surface area contributed by atoms with Crippen molar-refractivity contribution in [3.05, 3.63) is 23.8 Å². The van der Waals surface area contributed by atoms with Gasteiger partial charge in [0.1, 0.15) is 0 Å². The van der Waals surface area contributed by atoms with Crippen LogP contribution in [0.1, 0.15) is 37.7 Å². The molecular formula is C14H20N2. The number of hydrogen-bond acceptors (Lipinski definition) is 2. The summed E-state index contributed by atoms with van der Waals surface area (Å²) in [7, 11) is 0. The number of fused-ring (bicyclic) bond motifs is 1. The molecule has 1 heterocycles. The Bertz CT molecular complexity index is 392. The highest BCUT2D eigenvalue weighted by Crippen LogP contribution is 2.39. The molecule has 2 N–H and O–H groups in total. The summed E-state index contributed by atoms with van der Waals surface area (Å²) < 4.78 is 0. The average Bonchev–Trinajstić information content (AvgIpc) is 2.32. The lowest BCUT2D eigenvalue weighted by Gasteiger charge is -2.43. The lowest BCUT2D eigenvalue weighted by atomic mass is 9.80. The standard InChI is InChI=1S/C14H20N2/c1-11-6-5-7-12-13(11)16-14(10-15-12)8-3-2-4-9-14/h5-7,15-16H,2-4,8-10H2,1H3. The molecule has 1 saturated carbocycles. The van der Waals surface area contributed by atoms with Crippen molar-refractivity contribution in [1.29, 1.82) is 0 Å². The molecule has 0 aromatic heterocycles. The number of nitrogens with one attached hydrogen (secondary N) is 2. The summed E-state index contributed by atoms with van der Waals surface area (Å²) in [6.07, 6.45) is 6.78.